The lowest BCUT2D eigenvalue weighted by Gasteiger charge is -1.99. The first-order valence-electron chi connectivity index (χ1n) is 6.14. The molecule has 0 spiro atoms. The van der Waals surface area contributed by atoms with Crippen molar-refractivity contribution in [1.29, 1.82) is 0 Å². The Bertz CT molecular complexity index is 649. The van der Waals surface area contributed by atoms with E-state index in [4.69, 9.17) is 5.11 Å². The van der Waals surface area contributed by atoms with Crippen LogP contribution in [-0.2, 0) is 13.0 Å². The number of nitrogens with zero attached hydrogens (tertiary/aromatic N) is 1. The molecule has 0 aliphatic carbocycles. The van der Waals surface area contributed by atoms with Gasteiger partial charge in [-0.1, -0.05) is 18.8 Å². The van der Waals surface area contributed by atoms with Crippen LogP contribution in [0.2, 0.25) is 0 Å². The molecule has 0 atom stereocenters. The van der Waals surface area contributed by atoms with E-state index in [1.807, 2.05) is 6.20 Å². The Hall–Kier alpha value is -1.68. The number of amides is 1. The summed E-state index contributed by atoms with van der Waals surface area (Å²) in [6.45, 7) is 2.35. The van der Waals surface area contributed by atoms with Crippen molar-refractivity contribution in [2.24, 2.45) is 0 Å². The van der Waals surface area contributed by atoms with Crippen LogP contribution >= 0.6 is 22.7 Å². The lowest BCUT2D eigenvalue weighted by Crippen LogP contribution is -2.21. The largest absolute Gasteiger partial charge is 0.384 e. The summed E-state index contributed by atoms with van der Waals surface area (Å²) in [7, 11) is 0. The fraction of sp³-hybridized carbons (Fsp3) is 0.286. The second-order valence-electron chi connectivity index (χ2n) is 3.88. The summed E-state index contributed by atoms with van der Waals surface area (Å²) in [4.78, 5) is 18.8. The number of hydrogen-bond donors (Lipinski definition) is 2. The molecule has 20 heavy (non-hydrogen) atoms. The third-order valence-electron chi connectivity index (χ3n) is 2.47. The number of rotatable bonds is 4. The smallest absolute Gasteiger partial charge is 0.261 e. The van der Waals surface area contributed by atoms with Crippen LogP contribution in [0.4, 0.5) is 0 Å². The molecule has 0 aliphatic rings. The standard InChI is InChI=1S/C14H14N2O2S2/c1-2-10-8-15-13(20-10)9-16-14(18)12-6-5-11(19-12)4-3-7-17/h5-6,8,17H,2,7,9H2,1H3,(H,16,18). The van der Waals surface area contributed by atoms with E-state index in [0.29, 0.717) is 11.4 Å². The number of nitrogens with one attached hydrogen (secondary N) is 1. The van der Waals surface area contributed by atoms with Crippen LogP contribution in [0.25, 0.3) is 0 Å². The van der Waals surface area contributed by atoms with E-state index in [9.17, 15) is 4.79 Å². The molecule has 0 aromatic carbocycles. The first-order chi connectivity index (χ1) is 9.72. The van der Waals surface area contributed by atoms with Gasteiger partial charge in [-0.2, -0.15) is 0 Å². The van der Waals surface area contributed by atoms with Gasteiger partial charge in [-0.25, -0.2) is 4.98 Å². The van der Waals surface area contributed by atoms with Crippen molar-refractivity contribution in [2.75, 3.05) is 6.61 Å². The van der Waals surface area contributed by atoms with Gasteiger partial charge in [0.25, 0.3) is 5.91 Å². The monoisotopic (exact) mass is 306 g/mol. The lowest BCUT2D eigenvalue weighted by molar-refractivity contribution is 0.0955. The summed E-state index contributed by atoms with van der Waals surface area (Å²) in [5, 5.41) is 12.4. The molecule has 0 saturated carbocycles. The molecule has 6 heteroatoms. The van der Waals surface area contributed by atoms with Gasteiger partial charge in [0.05, 0.1) is 16.3 Å². The van der Waals surface area contributed by atoms with E-state index in [0.717, 1.165) is 16.3 Å². The highest BCUT2D eigenvalue weighted by molar-refractivity contribution is 7.14. The predicted octanol–water partition coefficient (Wildman–Crippen LogP) is 2.04. The molecule has 0 saturated heterocycles. The molecular weight excluding hydrogens is 292 g/mol. The molecule has 4 nitrogen and oxygen atoms in total. The summed E-state index contributed by atoms with van der Waals surface area (Å²) in [6.07, 6.45) is 2.81. The van der Waals surface area contributed by atoms with E-state index in [1.54, 1.807) is 23.5 Å². The number of aliphatic hydroxyl groups excluding tert-OH is 1. The Morgan fingerprint density at radius 3 is 3.00 bits per heavy atom. The van der Waals surface area contributed by atoms with Crippen LogP contribution in [0.5, 0.6) is 0 Å². The first kappa shape index (κ1) is 14.7. The van der Waals surface area contributed by atoms with Gasteiger partial charge in [-0.15, -0.1) is 22.7 Å². The minimum absolute atomic E-state index is 0.125. The number of aromatic nitrogens is 1. The van der Waals surface area contributed by atoms with E-state index in [2.05, 4.69) is 29.1 Å². The highest BCUT2D eigenvalue weighted by Crippen LogP contribution is 2.16. The van der Waals surface area contributed by atoms with E-state index in [-0.39, 0.29) is 12.5 Å². The van der Waals surface area contributed by atoms with Gasteiger partial charge in [0.2, 0.25) is 0 Å². The molecule has 0 unspecified atom stereocenters. The summed E-state index contributed by atoms with van der Waals surface area (Å²) < 4.78 is 0. The minimum atomic E-state index is -0.177. The number of thiazole rings is 1. The van der Waals surface area contributed by atoms with E-state index in [1.165, 1.54) is 16.2 Å². The fourth-order valence-electron chi connectivity index (χ4n) is 1.49. The van der Waals surface area contributed by atoms with Gasteiger partial charge in [0, 0.05) is 11.1 Å². The zero-order valence-corrected chi connectivity index (χ0v) is 12.6. The Balaban J connectivity index is 1.92. The van der Waals surface area contributed by atoms with Crippen LogP contribution < -0.4 is 5.32 Å². The summed E-state index contributed by atoms with van der Waals surface area (Å²) >= 11 is 2.93. The molecule has 1 amide bonds. The third kappa shape index (κ3) is 3.90. The van der Waals surface area contributed by atoms with E-state index < -0.39 is 0 Å². The quantitative estimate of drug-likeness (QED) is 0.850. The van der Waals surface area contributed by atoms with Crippen LogP contribution in [0.3, 0.4) is 0 Å². The van der Waals surface area contributed by atoms with Gasteiger partial charge in [-0.3, -0.25) is 4.79 Å². The number of thiophene rings is 1. The molecule has 2 aromatic heterocycles. The van der Waals surface area contributed by atoms with Gasteiger partial charge >= 0.3 is 0 Å². The molecular formula is C14H14N2O2S2. The number of carbonyl (C=O) groups excluding carboxylic acids is 1. The topological polar surface area (TPSA) is 62.2 Å². The number of aryl methyl sites for hydroxylation is 1. The molecule has 0 bridgehead atoms. The highest BCUT2D eigenvalue weighted by Gasteiger charge is 2.09. The van der Waals surface area contributed by atoms with Gasteiger partial charge in [0.15, 0.2) is 0 Å². The maximum atomic E-state index is 12.0. The Morgan fingerprint density at radius 1 is 1.45 bits per heavy atom. The van der Waals surface area contributed by atoms with E-state index >= 15 is 0 Å². The summed E-state index contributed by atoms with van der Waals surface area (Å²) in [5.74, 6) is 5.22. The van der Waals surface area contributed by atoms with Gasteiger partial charge < -0.3 is 10.4 Å². The van der Waals surface area contributed by atoms with Gasteiger partial charge in [0.1, 0.15) is 11.6 Å². The maximum absolute atomic E-state index is 12.0. The molecule has 0 fully saturated rings. The Kier molecular flexibility index (Phi) is 5.30. The van der Waals surface area contributed by atoms with Crippen LogP contribution in [0.15, 0.2) is 18.3 Å². The molecule has 0 aliphatic heterocycles. The molecule has 2 heterocycles. The number of aliphatic hydroxyl groups is 1. The van der Waals surface area contributed by atoms with Crippen LogP contribution in [0, 0.1) is 11.8 Å². The van der Waals surface area contributed by atoms with Crippen molar-refractivity contribution in [1.82, 2.24) is 10.3 Å². The summed E-state index contributed by atoms with van der Waals surface area (Å²) in [5.41, 5.74) is 0. The Morgan fingerprint density at radius 2 is 2.30 bits per heavy atom. The number of hydrogen-bond acceptors (Lipinski definition) is 5. The van der Waals surface area contributed by atoms with Crippen molar-refractivity contribution in [3.63, 3.8) is 0 Å². The average molecular weight is 306 g/mol. The third-order valence-corrected chi connectivity index (χ3v) is 4.61. The van der Waals surface area contributed by atoms with Crippen molar-refractivity contribution in [3.05, 3.63) is 38.0 Å². The second kappa shape index (κ2) is 7.20. The molecule has 2 aromatic rings. The predicted molar refractivity (Wildman–Crippen MR) is 80.9 cm³/mol. The van der Waals surface area contributed by atoms with Crippen LogP contribution in [-0.4, -0.2) is 22.6 Å². The molecule has 104 valence electrons. The minimum Gasteiger partial charge on any atom is -0.384 e. The highest BCUT2D eigenvalue weighted by atomic mass is 32.1. The maximum Gasteiger partial charge on any atom is 0.261 e. The molecule has 2 N–H and O–H groups in total. The summed E-state index contributed by atoms with van der Waals surface area (Å²) in [6, 6.07) is 3.52. The van der Waals surface area contributed by atoms with Gasteiger partial charge in [-0.05, 0) is 18.6 Å². The molecule has 0 radical (unpaired) electrons. The SMILES string of the molecule is CCc1cnc(CNC(=O)c2ccc(C#CCO)s2)s1. The number of carbonyl (C=O) groups is 1. The molecule has 2 rings (SSSR count). The Labute approximate surface area is 125 Å². The average Bonchev–Trinajstić information content (AvgIpc) is 3.11. The van der Waals surface area contributed by atoms with Crippen molar-refractivity contribution < 1.29 is 9.90 Å². The van der Waals surface area contributed by atoms with Crippen LogP contribution in [0.1, 0.15) is 31.4 Å². The van der Waals surface area contributed by atoms with Crippen molar-refractivity contribution in [2.45, 2.75) is 19.9 Å². The lowest BCUT2D eigenvalue weighted by atomic mass is 10.4. The zero-order chi connectivity index (χ0) is 14.4. The fourth-order valence-corrected chi connectivity index (χ4v) is 3.09. The zero-order valence-electron chi connectivity index (χ0n) is 11.0. The van der Waals surface area contributed by atoms with Crippen molar-refractivity contribution in [3.8, 4) is 11.8 Å². The second-order valence-corrected chi connectivity index (χ2v) is 6.16. The normalized spacial score (nSPS) is 9.90. The van der Waals surface area contributed by atoms with Crippen molar-refractivity contribution >= 4 is 28.6 Å². The first-order valence-corrected chi connectivity index (χ1v) is 7.77.